The summed E-state index contributed by atoms with van der Waals surface area (Å²) >= 11 is 0. The number of nitrogens with one attached hydrogen (secondary N) is 2. The van der Waals surface area contributed by atoms with Gasteiger partial charge in [-0.25, -0.2) is 9.97 Å². The molecule has 0 fully saturated rings. The molecule has 20 heavy (non-hydrogen) atoms. The van der Waals surface area contributed by atoms with Gasteiger partial charge in [0.2, 0.25) is 0 Å². The standard InChI is InChI=1S/C16H18N4/c1-10(2)17-16-15-14(18-11(3)19-16)9-13(20-15)12-7-5-4-6-8-12/h4-10,20H,1-3H3,(H,17,18,19). The van der Waals surface area contributed by atoms with Crippen LogP contribution >= 0.6 is 0 Å². The molecule has 0 atom stereocenters. The summed E-state index contributed by atoms with van der Waals surface area (Å²) in [5, 5.41) is 3.37. The van der Waals surface area contributed by atoms with Crippen molar-refractivity contribution in [1.29, 1.82) is 0 Å². The van der Waals surface area contributed by atoms with E-state index < -0.39 is 0 Å². The zero-order valence-electron chi connectivity index (χ0n) is 11.9. The highest BCUT2D eigenvalue weighted by molar-refractivity contribution is 5.90. The van der Waals surface area contributed by atoms with Crippen LogP contribution in [0.2, 0.25) is 0 Å². The molecule has 2 N–H and O–H groups in total. The van der Waals surface area contributed by atoms with Gasteiger partial charge in [-0.2, -0.15) is 0 Å². The van der Waals surface area contributed by atoms with Gasteiger partial charge in [0.05, 0.1) is 5.52 Å². The van der Waals surface area contributed by atoms with Gasteiger partial charge in [-0.1, -0.05) is 30.3 Å². The summed E-state index contributed by atoms with van der Waals surface area (Å²) in [4.78, 5) is 12.4. The molecule has 4 heteroatoms. The number of hydrogen-bond acceptors (Lipinski definition) is 3. The number of hydrogen-bond donors (Lipinski definition) is 2. The van der Waals surface area contributed by atoms with Crippen LogP contribution in [0, 0.1) is 6.92 Å². The van der Waals surface area contributed by atoms with Crippen LogP contribution in [0.4, 0.5) is 5.82 Å². The van der Waals surface area contributed by atoms with Crippen molar-refractivity contribution in [3.05, 3.63) is 42.2 Å². The van der Waals surface area contributed by atoms with Crippen molar-refractivity contribution in [1.82, 2.24) is 15.0 Å². The highest BCUT2D eigenvalue weighted by atomic mass is 15.1. The first-order valence-electron chi connectivity index (χ1n) is 6.83. The molecule has 0 saturated carbocycles. The van der Waals surface area contributed by atoms with E-state index in [0.29, 0.717) is 6.04 Å². The Morgan fingerprint density at radius 3 is 2.55 bits per heavy atom. The van der Waals surface area contributed by atoms with Gasteiger partial charge in [-0.3, -0.25) is 0 Å². The van der Waals surface area contributed by atoms with Crippen molar-refractivity contribution in [2.24, 2.45) is 0 Å². The summed E-state index contributed by atoms with van der Waals surface area (Å²) in [5.41, 5.74) is 4.12. The van der Waals surface area contributed by atoms with Crippen LogP contribution in [-0.4, -0.2) is 21.0 Å². The second-order valence-electron chi connectivity index (χ2n) is 5.23. The highest BCUT2D eigenvalue weighted by Gasteiger charge is 2.11. The number of rotatable bonds is 3. The van der Waals surface area contributed by atoms with E-state index >= 15 is 0 Å². The molecule has 3 aromatic rings. The van der Waals surface area contributed by atoms with Gasteiger partial charge < -0.3 is 10.3 Å². The van der Waals surface area contributed by atoms with Crippen molar-refractivity contribution in [2.45, 2.75) is 26.8 Å². The second-order valence-corrected chi connectivity index (χ2v) is 5.23. The molecule has 0 spiro atoms. The number of aromatic amines is 1. The predicted octanol–water partition coefficient (Wildman–Crippen LogP) is 3.75. The number of benzene rings is 1. The van der Waals surface area contributed by atoms with E-state index in [4.69, 9.17) is 0 Å². The van der Waals surface area contributed by atoms with Crippen molar-refractivity contribution >= 4 is 16.9 Å². The second kappa shape index (κ2) is 4.96. The van der Waals surface area contributed by atoms with Crippen LogP contribution in [0.15, 0.2) is 36.4 Å². The molecular weight excluding hydrogens is 248 g/mol. The summed E-state index contributed by atoms with van der Waals surface area (Å²) in [6, 6.07) is 12.7. The first-order chi connectivity index (χ1) is 9.63. The fourth-order valence-electron chi connectivity index (χ4n) is 2.28. The van der Waals surface area contributed by atoms with E-state index in [1.165, 1.54) is 0 Å². The van der Waals surface area contributed by atoms with Crippen LogP contribution in [0.25, 0.3) is 22.3 Å². The van der Waals surface area contributed by atoms with Crippen LogP contribution in [0.1, 0.15) is 19.7 Å². The summed E-state index contributed by atoms with van der Waals surface area (Å²) in [7, 11) is 0. The lowest BCUT2D eigenvalue weighted by atomic mass is 10.2. The molecule has 2 heterocycles. The Morgan fingerprint density at radius 2 is 1.85 bits per heavy atom. The molecule has 0 aliphatic rings. The lowest BCUT2D eigenvalue weighted by Crippen LogP contribution is -2.12. The maximum atomic E-state index is 4.51. The molecule has 4 nitrogen and oxygen atoms in total. The first-order valence-corrected chi connectivity index (χ1v) is 6.83. The van der Waals surface area contributed by atoms with E-state index in [1.807, 2.05) is 25.1 Å². The van der Waals surface area contributed by atoms with Crippen LogP contribution in [-0.2, 0) is 0 Å². The van der Waals surface area contributed by atoms with E-state index in [2.05, 4.69) is 52.3 Å². The Balaban J connectivity index is 2.15. The minimum Gasteiger partial charge on any atom is -0.366 e. The topological polar surface area (TPSA) is 53.6 Å². The number of fused-ring (bicyclic) bond motifs is 1. The van der Waals surface area contributed by atoms with E-state index in [0.717, 1.165) is 33.9 Å². The molecule has 0 amide bonds. The molecular formula is C16H18N4. The van der Waals surface area contributed by atoms with Crippen LogP contribution < -0.4 is 5.32 Å². The van der Waals surface area contributed by atoms with E-state index in [9.17, 15) is 0 Å². The molecule has 0 unspecified atom stereocenters. The van der Waals surface area contributed by atoms with Gasteiger partial charge in [0.1, 0.15) is 11.3 Å². The molecule has 102 valence electrons. The van der Waals surface area contributed by atoms with Crippen molar-refractivity contribution in [3.8, 4) is 11.3 Å². The zero-order valence-corrected chi connectivity index (χ0v) is 11.9. The lowest BCUT2D eigenvalue weighted by molar-refractivity contribution is 0.885. The Labute approximate surface area is 118 Å². The average Bonchev–Trinajstić information content (AvgIpc) is 2.83. The summed E-state index contributed by atoms with van der Waals surface area (Å²) < 4.78 is 0. The molecule has 0 radical (unpaired) electrons. The van der Waals surface area contributed by atoms with Gasteiger partial charge >= 0.3 is 0 Å². The third-order valence-electron chi connectivity index (χ3n) is 3.10. The molecule has 0 bridgehead atoms. The molecule has 2 aromatic heterocycles. The fourth-order valence-corrected chi connectivity index (χ4v) is 2.28. The van der Waals surface area contributed by atoms with Crippen molar-refractivity contribution < 1.29 is 0 Å². The molecule has 0 saturated heterocycles. The number of aryl methyl sites for hydroxylation is 1. The smallest absolute Gasteiger partial charge is 0.154 e. The van der Waals surface area contributed by atoms with Gasteiger partial charge in [0.15, 0.2) is 5.82 Å². The maximum absolute atomic E-state index is 4.51. The lowest BCUT2D eigenvalue weighted by Gasteiger charge is -2.10. The Bertz CT molecular complexity index is 729. The highest BCUT2D eigenvalue weighted by Crippen LogP contribution is 2.26. The Hall–Kier alpha value is -2.36. The maximum Gasteiger partial charge on any atom is 0.154 e. The molecule has 0 aliphatic heterocycles. The van der Waals surface area contributed by atoms with E-state index in [-0.39, 0.29) is 0 Å². The third-order valence-corrected chi connectivity index (χ3v) is 3.10. The van der Waals surface area contributed by atoms with Gasteiger partial charge in [0.25, 0.3) is 0 Å². The number of nitrogens with zero attached hydrogens (tertiary/aromatic N) is 2. The predicted molar refractivity (Wildman–Crippen MR) is 82.8 cm³/mol. The monoisotopic (exact) mass is 266 g/mol. The van der Waals surface area contributed by atoms with Crippen molar-refractivity contribution in [3.63, 3.8) is 0 Å². The summed E-state index contributed by atoms with van der Waals surface area (Å²) in [5.74, 6) is 1.64. The fraction of sp³-hybridized carbons (Fsp3) is 0.250. The zero-order chi connectivity index (χ0) is 14.1. The summed E-state index contributed by atoms with van der Waals surface area (Å²) in [6.45, 7) is 6.12. The SMILES string of the molecule is Cc1nc(NC(C)C)c2[nH]c(-c3ccccc3)cc2n1. The normalized spacial score (nSPS) is 11.2. The van der Waals surface area contributed by atoms with Gasteiger partial charge in [-0.15, -0.1) is 0 Å². The van der Waals surface area contributed by atoms with E-state index in [1.54, 1.807) is 0 Å². The largest absolute Gasteiger partial charge is 0.366 e. The molecule has 0 aliphatic carbocycles. The van der Waals surface area contributed by atoms with Crippen molar-refractivity contribution in [2.75, 3.05) is 5.32 Å². The number of aromatic nitrogens is 3. The van der Waals surface area contributed by atoms with Crippen LogP contribution in [0.3, 0.4) is 0 Å². The Morgan fingerprint density at radius 1 is 1.10 bits per heavy atom. The van der Waals surface area contributed by atoms with Gasteiger partial charge in [0, 0.05) is 11.7 Å². The number of H-pyrrole nitrogens is 1. The van der Waals surface area contributed by atoms with Gasteiger partial charge in [-0.05, 0) is 32.4 Å². The number of anilines is 1. The minimum absolute atomic E-state index is 0.330. The Kier molecular flexibility index (Phi) is 3.14. The summed E-state index contributed by atoms with van der Waals surface area (Å²) in [6.07, 6.45) is 0. The first kappa shape index (κ1) is 12.7. The third kappa shape index (κ3) is 2.37. The molecule has 1 aromatic carbocycles. The average molecular weight is 266 g/mol. The minimum atomic E-state index is 0.330. The quantitative estimate of drug-likeness (QED) is 0.759. The molecule has 3 rings (SSSR count). The van der Waals surface area contributed by atoms with Crippen LogP contribution in [0.5, 0.6) is 0 Å².